The summed E-state index contributed by atoms with van der Waals surface area (Å²) in [6.07, 6.45) is 1.31. The van der Waals surface area contributed by atoms with Crippen molar-refractivity contribution in [2.45, 2.75) is 32.4 Å². The van der Waals surface area contributed by atoms with Gasteiger partial charge in [-0.1, -0.05) is 36.2 Å². The molecule has 1 heterocycles. The van der Waals surface area contributed by atoms with Crippen molar-refractivity contribution in [3.05, 3.63) is 52.0 Å². The van der Waals surface area contributed by atoms with Crippen molar-refractivity contribution in [1.29, 1.82) is 0 Å². The minimum Gasteiger partial charge on any atom is -0.486 e. The number of carbonyl (C=O) groups excluding carboxylic acids is 1. The predicted octanol–water partition coefficient (Wildman–Crippen LogP) is 4.19. The van der Waals surface area contributed by atoms with E-state index in [0.29, 0.717) is 29.7 Å². The van der Waals surface area contributed by atoms with E-state index in [-0.39, 0.29) is 23.2 Å². The lowest BCUT2D eigenvalue weighted by Crippen LogP contribution is -2.49. The van der Waals surface area contributed by atoms with Crippen LogP contribution in [0.25, 0.3) is 0 Å². The standard InChI is InChI=1S/C21H24Cl2N2O5S/c1-4-18(25(31(3,27)28)15-6-7-16(22)17(23)12-15)21(26)24-13(2)14-5-8-19-20(11-14)30-10-9-29-19/h5-8,11-13,18H,4,9-10H2,1-3H3,(H,24,26)/t13-,18-/m1/s1. The second-order valence-electron chi connectivity index (χ2n) is 7.21. The molecule has 31 heavy (non-hydrogen) atoms. The minimum absolute atomic E-state index is 0.202. The number of ether oxygens (including phenoxy) is 2. The molecule has 2 atom stereocenters. The third-order valence-corrected chi connectivity index (χ3v) is 6.83. The monoisotopic (exact) mass is 486 g/mol. The molecule has 0 saturated carbocycles. The number of amides is 1. The zero-order valence-corrected chi connectivity index (χ0v) is 19.7. The quantitative estimate of drug-likeness (QED) is 0.633. The number of sulfonamides is 1. The highest BCUT2D eigenvalue weighted by Crippen LogP contribution is 2.33. The van der Waals surface area contributed by atoms with E-state index >= 15 is 0 Å². The van der Waals surface area contributed by atoms with Gasteiger partial charge in [0, 0.05) is 0 Å². The Balaban J connectivity index is 1.85. The molecule has 7 nitrogen and oxygen atoms in total. The maximum absolute atomic E-state index is 13.1. The summed E-state index contributed by atoms with van der Waals surface area (Å²) in [4.78, 5) is 13.1. The van der Waals surface area contributed by atoms with Gasteiger partial charge in [-0.05, 0) is 49.2 Å². The van der Waals surface area contributed by atoms with Gasteiger partial charge in [-0.3, -0.25) is 9.10 Å². The summed E-state index contributed by atoms with van der Waals surface area (Å²) >= 11 is 12.0. The number of carbonyl (C=O) groups is 1. The van der Waals surface area contributed by atoms with E-state index < -0.39 is 22.0 Å². The van der Waals surface area contributed by atoms with E-state index in [1.807, 2.05) is 19.1 Å². The molecule has 0 spiro atoms. The number of anilines is 1. The molecular formula is C21H24Cl2N2O5S. The van der Waals surface area contributed by atoms with E-state index in [1.165, 1.54) is 18.2 Å². The van der Waals surface area contributed by atoms with Crippen LogP contribution in [-0.2, 0) is 14.8 Å². The van der Waals surface area contributed by atoms with Gasteiger partial charge in [-0.2, -0.15) is 0 Å². The van der Waals surface area contributed by atoms with Crippen molar-refractivity contribution < 1.29 is 22.7 Å². The molecule has 0 aliphatic carbocycles. The first kappa shape index (κ1) is 23.5. The van der Waals surface area contributed by atoms with Crippen molar-refractivity contribution in [3.63, 3.8) is 0 Å². The second kappa shape index (κ2) is 9.54. The van der Waals surface area contributed by atoms with Crippen LogP contribution in [0.1, 0.15) is 31.9 Å². The number of rotatable bonds is 7. The van der Waals surface area contributed by atoms with Crippen LogP contribution >= 0.6 is 23.2 Å². The summed E-state index contributed by atoms with van der Waals surface area (Å²) in [5, 5.41) is 3.40. The van der Waals surface area contributed by atoms with E-state index in [9.17, 15) is 13.2 Å². The lowest BCUT2D eigenvalue weighted by atomic mass is 10.1. The summed E-state index contributed by atoms with van der Waals surface area (Å²) in [6, 6.07) is 8.56. The Hall–Kier alpha value is -2.16. The van der Waals surface area contributed by atoms with Crippen LogP contribution in [-0.4, -0.2) is 39.8 Å². The van der Waals surface area contributed by atoms with Gasteiger partial charge in [0.25, 0.3) is 0 Å². The van der Waals surface area contributed by atoms with Crippen molar-refractivity contribution in [2.75, 3.05) is 23.8 Å². The Kier molecular flexibility index (Phi) is 7.24. The zero-order valence-electron chi connectivity index (χ0n) is 17.4. The van der Waals surface area contributed by atoms with Crippen LogP contribution in [0.2, 0.25) is 10.0 Å². The fourth-order valence-electron chi connectivity index (χ4n) is 3.40. The summed E-state index contributed by atoms with van der Waals surface area (Å²) < 4.78 is 37.4. The Morgan fingerprint density at radius 1 is 1.10 bits per heavy atom. The number of hydrogen-bond donors (Lipinski definition) is 1. The minimum atomic E-state index is -3.78. The van der Waals surface area contributed by atoms with Gasteiger partial charge < -0.3 is 14.8 Å². The lowest BCUT2D eigenvalue weighted by molar-refractivity contribution is -0.122. The molecule has 0 bridgehead atoms. The Morgan fingerprint density at radius 3 is 2.39 bits per heavy atom. The van der Waals surface area contributed by atoms with Gasteiger partial charge in [0.05, 0.1) is 28.0 Å². The molecule has 0 fully saturated rings. The number of nitrogens with zero attached hydrogens (tertiary/aromatic N) is 1. The van der Waals surface area contributed by atoms with Crippen LogP contribution in [0.5, 0.6) is 11.5 Å². The highest BCUT2D eigenvalue weighted by atomic mass is 35.5. The van der Waals surface area contributed by atoms with Gasteiger partial charge in [0.2, 0.25) is 15.9 Å². The van der Waals surface area contributed by atoms with Gasteiger partial charge in [0.15, 0.2) is 11.5 Å². The number of fused-ring (bicyclic) bond motifs is 1. The van der Waals surface area contributed by atoms with E-state index in [1.54, 1.807) is 13.0 Å². The van der Waals surface area contributed by atoms with Crippen LogP contribution in [0, 0.1) is 0 Å². The first-order valence-electron chi connectivity index (χ1n) is 9.76. The normalized spacial score (nSPS) is 15.1. The maximum Gasteiger partial charge on any atom is 0.244 e. The average Bonchev–Trinajstić information content (AvgIpc) is 2.72. The van der Waals surface area contributed by atoms with E-state index in [2.05, 4.69) is 5.32 Å². The number of hydrogen-bond acceptors (Lipinski definition) is 5. The highest BCUT2D eigenvalue weighted by molar-refractivity contribution is 7.92. The molecule has 0 radical (unpaired) electrons. The van der Waals surface area contributed by atoms with Crippen LogP contribution in [0.15, 0.2) is 36.4 Å². The lowest BCUT2D eigenvalue weighted by Gasteiger charge is -2.31. The third kappa shape index (κ3) is 5.37. The molecule has 1 aliphatic heterocycles. The number of benzene rings is 2. The molecule has 1 amide bonds. The van der Waals surface area contributed by atoms with Crippen molar-refractivity contribution in [3.8, 4) is 11.5 Å². The third-order valence-electron chi connectivity index (χ3n) is 4.91. The van der Waals surface area contributed by atoms with E-state index in [0.717, 1.165) is 16.1 Å². The summed E-state index contributed by atoms with van der Waals surface area (Å²) in [5.74, 6) is 0.842. The fraction of sp³-hybridized carbons (Fsp3) is 0.381. The van der Waals surface area contributed by atoms with Gasteiger partial charge in [-0.15, -0.1) is 0 Å². The van der Waals surface area contributed by atoms with Crippen LogP contribution in [0.4, 0.5) is 5.69 Å². The maximum atomic E-state index is 13.1. The first-order valence-corrected chi connectivity index (χ1v) is 12.4. The van der Waals surface area contributed by atoms with Crippen LogP contribution in [0.3, 0.4) is 0 Å². The topological polar surface area (TPSA) is 84.9 Å². The zero-order chi connectivity index (χ0) is 22.8. The molecule has 168 valence electrons. The molecule has 1 aliphatic rings. The summed E-state index contributed by atoms with van der Waals surface area (Å²) in [5.41, 5.74) is 1.08. The van der Waals surface area contributed by atoms with Gasteiger partial charge in [-0.25, -0.2) is 8.42 Å². The molecular weight excluding hydrogens is 463 g/mol. The Morgan fingerprint density at radius 2 is 1.77 bits per heavy atom. The van der Waals surface area contributed by atoms with Crippen molar-refractivity contribution in [2.24, 2.45) is 0 Å². The van der Waals surface area contributed by atoms with Crippen molar-refractivity contribution in [1.82, 2.24) is 5.32 Å². The van der Waals surface area contributed by atoms with Crippen molar-refractivity contribution >= 4 is 44.8 Å². The Bertz CT molecular complexity index is 1080. The predicted molar refractivity (Wildman–Crippen MR) is 122 cm³/mol. The Labute approximate surface area is 192 Å². The first-order chi connectivity index (χ1) is 14.6. The molecule has 2 aromatic rings. The molecule has 2 aromatic carbocycles. The van der Waals surface area contributed by atoms with Crippen LogP contribution < -0.4 is 19.1 Å². The van der Waals surface area contributed by atoms with Gasteiger partial charge in [0.1, 0.15) is 19.3 Å². The largest absolute Gasteiger partial charge is 0.486 e. The molecule has 10 heteroatoms. The number of halogens is 2. The van der Waals surface area contributed by atoms with E-state index in [4.69, 9.17) is 32.7 Å². The second-order valence-corrected chi connectivity index (χ2v) is 9.89. The van der Waals surface area contributed by atoms with Gasteiger partial charge >= 0.3 is 0 Å². The fourth-order valence-corrected chi connectivity index (χ4v) is 4.90. The summed E-state index contributed by atoms with van der Waals surface area (Å²) in [6.45, 7) is 4.52. The summed E-state index contributed by atoms with van der Waals surface area (Å²) in [7, 11) is -3.78. The smallest absolute Gasteiger partial charge is 0.244 e. The SMILES string of the molecule is CC[C@H](C(=O)N[C@H](C)c1ccc2c(c1)OCCO2)N(c1ccc(Cl)c(Cl)c1)S(C)(=O)=O. The molecule has 1 N–H and O–H groups in total. The molecule has 3 rings (SSSR count). The number of nitrogens with one attached hydrogen (secondary N) is 1. The molecule has 0 aromatic heterocycles. The molecule has 0 saturated heterocycles. The molecule has 0 unspecified atom stereocenters. The highest BCUT2D eigenvalue weighted by Gasteiger charge is 2.32. The average molecular weight is 487 g/mol.